The normalized spacial score (nSPS) is 14.9. The molecule has 28 heavy (non-hydrogen) atoms. The zero-order valence-electron chi connectivity index (χ0n) is 16.9. The molecule has 0 aliphatic carbocycles. The Bertz CT molecular complexity index is 984. The fraction of sp³-hybridized carbons (Fsp3) is 0.600. The first-order valence-electron chi connectivity index (χ1n) is 10.0. The Morgan fingerprint density at radius 1 is 1.14 bits per heavy atom. The van der Waals surface area contributed by atoms with E-state index in [1.165, 1.54) is 4.57 Å². The number of nitrogens with zero attached hydrogens (tertiary/aromatic N) is 4. The highest BCUT2D eigenvalue weighted by atomic mass is 16.5. The van der Waals surface area contributed by atoms with Crippen LogP contribution in [0.5, 0.6) is 5.75 Å². The molecule has 0 bridgehead atoms. The number of likely N-dealkylation sites (tertiary alicyclic amines) is 1. The van der Waals surface area contributed by atoms with E-state index in [1.54, 1.807) is 18.1 Å². The molecule has 1 aliphatic rings. The van der Waals surface area contributed by atoms with Crippen LogP contribution in [0.3, 0.4) is 0 Å². The quantitative estimate of drug-likeness (QED) is 0.774. The average Bonchev–Trinajstić information content (AvgIpc) is 2.99. The third-order valence-corrected chi connectivity index (χ3v) is 5.30. The van der Waals surface area contributed by atoms with Gasteiger partial charge in [0.15, 0.2) is 5.65 Å². The third-order valence-electron chi connectivity index (χ3n) is 5.30. The lowest BCUT2D eigenvalue weighted by Gasteiger charge is -2.21. The van der Waals surface area contributed by atoms with E-state index in [4.69, 9.17) is 4.74 Å². The van der Waals surface area contributed by atoms with Gasteiger partial charge in [-0.3, -0.25) is 14.2 Å². The number of ether oxygens (including phenoxy) is 1. The molecule has 0 radical (unpaired) electrons. The van der Waals surface area contributed by atoms with Crippen LogP contribution >= 0.6 is 0 Å². The minimum atomic E-state index is -0.542. The molecule has 0 aromatic carbocycles. The molecule has 8 nitrogen and oxygen atoms in total. The summed E-state index contributed by atoms with van der Waals surface area (Å²) in [5.41, 5.74) is 0.0111. The first kappa shape index (κ1) is 20.1. The van der Waals surface area contributed by atoms with Crippen molar-refractivity contribution < 1.29 is 9.53 Å². The number of pyridine rings is 1. The van der Waals surface area contributed by atoms with E-state index < -0.39 is 11.2 Å². The topological polar surface area (TPSA) is 86.4 Å². The fourth-order valence-electron chi connectivity index (χ4n) is 3.72. The molecular weight excluding hydrogens is 360 g/mol. The van der Waals surface area contributed by atoms with E-state index in [0.29, 0.717) is 31.9 Å². The molecular formula is C20H28N4O4. The van der Waals surface area contributed by atoms with E-state index in [9.17, 15) is 14.4 Å². The van der Waals surface area contributed by atoms with Crippen molar-refractivity contribution >= 4 is 16.9 Å². The van der Waals surface area contributed by atoms with Crippen molar-refractivity contribution in [2.75, 3.05) is 19.7 Å². The van der Waals surface area contributed by atoms with Gasteiger partial charge in [-0.05, 0) is 26.2 Å². The molecule has 0 N–H and O–H groups in total. The minimum absolute atomic E-state index is 0.196. The van der Waals surface area contributed by atoms with Gasteiger partial charge in [-0.15, -0.1) is 0 Å². The zero-order valence-corrected chi connectivity index (χ0v) is 16.9. The predicted molar refractivity (Wildman–Crippen MR) is 107 cm³/mol. The Morgan fingerprint density at radius 2 is 1.82 bits per heavy atom. The number of aryl methyl sites for hydroxylation is 2. The summed E-state index contributed by atoms with van der Waals surface area (Å²) < 4.78 is 8.07. The first-order valence-corrected chi connectivity index (χ1v) is 10.0. The van der Waals surface area contributed by atoms with Gasteiger partial charge in [-0.2, -0.15) is 0 Å². The number of carbonyl (C=O) groups is 1. The second kappa shape index (κ2) is 8.58. The van der Waals surface area contributed by atoms with Crippen LogP contribution in [0.1, 0.15) is 45.1 Å². The molecule has 8 heteroatoms. The SMILES string of the molecule is CCOc1c(CC)cnc2c1c(=O)n(CC(=O)N1CCCCCC1)c(=O)n2C. The first-order chi connectivity index (χ1) is 13.5. The summed E-state index contributed by atoms with van der Waals surface area (Å²) >= 11 is 0. The molecule has 152 valence electrons. The maximum absolute atomic E-state index is 13.2. The van der Waals surface area contributed by atoms with Gasteiger partial charge >= 0.3 is 5.69 Å². The van der Waals surface area contributed by atoms with Crippen LogP contribution in [0, 0.1) is 0 Å². The summed E-state index contributed by atoms with van der Waals surface area (Å²) in [6.45, 7) is 5.27. The van der Waals surface area contributed by atoms with E-state index in [2.05, 4.69) is 4.98 Å². The minimum Gasteiger partial charge on any atom is -0.493 e. The Kier molecular flexibility index (Phi) is 6.16. The Balaban J connectivity index is 2.12. The standard InChI is InChI=1S/C20H28N4O4/c1-4-14-12-21-18-16(17(14)28-5-2)19(26)24(20(27)22(18)3)13-15(25)23-10-8-6-7-9-11-23/h12H,4-11,13H2,1-3H3. The van der Waals surface area contributed by atoms with Gasteiger partial charge in [0, 0.05) is 31.9 Å². The highest BCUT2D eigenvalue weighted by Gasteiger charge is 2.22. The van der Waals surface area contributed by atoms with Crippen LogP contribution in [-0.2, 0) is 24.8 Å². The molecule has 2 aromatic rings. The van der Waals surface area contributed by atoms with Crippen LogP contribution < -0.4 is 16.0 Å². The van der Waals surface area contributed by atoms with Crippen molar-refractivity contribution in [2.24, 2.45) is 7.05 Å². The smallest absolute Gasteiger partial charge is 0.332 e. The molecule has 0 saturated carbocycles. The maximum Gasteiger partial charge on any atom is 0.332 e. The zero-order chi connectivity index (χ0) is 20.3. The van der Waals surface area contributed by atoms with Gasteiger partial charge in [0.1, 0.15) is 17.7 Å². The Labute approximate surface area is 163 Å². The lowest BCUT2D eigenvalue weighted by Crippen LogP contribution is -2.45. The second-order valence-corrected chi connectivity index (χ2v) is 7.13. The van der Waals surface area contributed by atoms with Crippen LogP contribution in [0.15, 0.2) is 15.8 Å². The Morgan fingerprint density at radius 3 is 2.43 bits per heavy atom. The number of amides is 1. The van der Waals surface area contributed by atoms with Crippen molar-refractivity contribution in [3.8, 4) is 5.75 Å². The summed E-state index contributed by atoms with van der Waals surface area (Å²) in [6.07, 6.45) is 6.39. The summed E-state index contributed by atoms with van der Waals surface area (Å²) in [6, 6.07) is 0. The summed E-state index contributed by atoms with van der Waals surface area (Å²) in [5, 5.41) is 0.256. The summed E-state index contributed by atoms with van der Waals surface area (Å²) in [7, 11) is 1.56. The molecule has 1 amide bonds. The second-order valence-electron chi connectivity index (χ2n) is 7.13. The third kappa shape index (κ3) is 3.68. The number of rotatable bonds is 5. The van der Waals surface area contributed by atoms with Crippen LogP contribution in [0.4, 0.5) is 0 Å². The number of carbonyl (C=O) groups excluding carboxylic acids is 1. The molecule has 1 saturated heterocycles. The van der Waals surface area contributed by atoms with Gasteiger partial charge in [-0.25, -0.2) is 14.3 Å². The van der Waals surface area contributed by atoms with E-state index in [1.807, 2.05) is 13.8 Å². The molecule has 2 aromatic heterocycles. The molecule has 1 aliphatic heterocycles. The lowest BCUT2D eigenvalue weighted by atomic mass is 10.1. The molecule has 0 unspecified atom stereocenters. The van der Waals surface area contributed by atoms with Crippen molar-refractivity contribution in [3.05, 3.63) is 32.6 Å². The number of fused-ring (bicyclic) bond motifs is 1. The number of hydrogen-bond donors (Lipinski definition) is 0. The van der Waals surface area contributed by atoms with Crippen molar-refractivity contribution in [1.29, 1.82) is 0 Å². The fourth-order valence-corrected chi connectivity index (χ4v) is 3.72. The molecule has 1 fully saturated rings. The summed E-state index contributed by atoms with van der Waals surface area (Å²) in [4.78, 5) is 44.8. The largest absolute Gasteiger partial charge is 0.493 e. The number of hydrogen-bond acceptors (Lipinski definition) is 5. The lowest BCUT2D eigenvalue weighted by molar-refractivity contribution is -0.131. The van der Waals surface area contributed by atoms with E-state index in [-0.39, 0.29) is 23.5 Å². The molecule has 0 spiro atoms. The predicted octanol–water partition coefficient (Wildman–Crippen LogP) is 1.46. The van der Waals surface area contributed by atoms with Gasteiger partial charge in [0.05, 0.1) is 6.61 Å². The molecule has 3 heterocycles. The van der Waals surface area contributed by atoms with Crippen LogP contribution in [-0.4, -0.2) is 44.6 Å². The van der Waals surface area contributed by atoms with E-state index >= 15 is 0 Å². The highest BCUT2D eigenvalue weighted by molar-refractivity contribution is 5.83. The Hall–Kier alpha value is -2.64. The maximum atomic E-state index is 13.2. The highest BCUT2D eigenvalue weighted by Crippen LogP contribution is 2.25. The monoisotopic (exact) mass is 388 g/mol. The van der Waals surface area contributed by atoms with E-state index in [0.717, 1.165) is 35.8 Å². The molecule has 3 rings (SSSR count). The van der Waals surface area contributed by atoms with Gasteiger partial charge in [-0.1, -0.05) is 19.8 Å². The summed E-state index contributed by atoms with van der Waals surface area (Å²) in [5.74, 6) is 0.254. The van der Waals surface area contributed by atoms with Gasteiger partial charge in [0.2, 0.25) is 5.91 Å². The van der Waals surface area contributed by atoms with Gasteiger partial charge < -0.3 is 9.64 Å². The van der Waals surface area contributed by atoms with Crippen molar-refractivity contribution in [1.82, 2.24) is 19.0 Å². The molecule has 0 atom stereocenters. The van der Waals surface area contributed by atoms with Crippen LogP contribution in [0.25, 0.3) is 11.0 Å². The average molecular weight is 388 g/mol. The van der Waals surface area contributed by atoms with Crippen molar-refractivity contribution in [3.63, 3.8) is 0 Å². The van der Waals surface area contributed by atoms with Crippen molar-refractivity contribution in [2.45, 2.75) is 52.5 Å². The van der Waals surface area contributed by atoms with Crippen LogP contribution in [0.2, 0.25) is 0 Å². The number of aromatic nitrogens is 3. The van der Waals surface area contributed by atoms with Gasteiger partial charge in [0.25, 0.3) is 5.56 Å².